The van der Waals surface area contributed by atoms with Crippen LogP contribution in [0.5, 0.6) is 0 Å². The molecule has 0 amide bonds. The van der Waals surface area contributed by atoms with Gasteiger partial charge in [0.05, 0.1) is 6.61 Å². The summed E-state index contributed by atoms with van der Waals surface area (Å²) in [6.45, 7) is 7.01. The Morgan fingerprint density at radius 3 is 2.64 bits per heavy atom. The van der Waals surface area contributed by atoms with Gasteiger partial charge in [-0.25, -0.2) is 0 Å². The minimum absolute atomic E-state index is 0.0644. The molecule has 80 valence electrons. The maximum Gasteiger partial charge on any atom is 0.253 e. The monoisotopic (exact) mass is 197 g/mol. The van der Waals surface area contributed by atoms with Crippen LogP contribution in [-0.2, 0) is 11.3 Å². The summed E-state index contributed by atoms with van der Waals surface area (Å²) < 4.78 is 6.53. The first-order valence-corrected chi connectivity index (χ1v) is 4.90. The van der Waals surface area contributed by atoms with Gasteiger partial charge in [-0.2, -0.15) is 0 Å². The molecule has 0 saturated carbocycles. The van der Waals surface area contributed by atoms with E-state index in [9.17, 15) is 4.79 Å². The van der Waals surface area contributed by atoms with Crippen molar-refractivity contribution in [3.8, 4) is 0 Å². The fraction of sp³-hybridized carbons (Fsp3) is 0.545. The normalized spacial score (nSPS) is 9.14. The lowest BCUT2D eigenvalue weighted by molar-refractivity contribution is 0.186. The van der Waals surface area contributed by atoms with Gasteiger partial charge in [-0.3, -0.25) is 4.79 Å². The average molecular weight is 197 g/mol. The molecule has 0 aromatic carbocycles. The van der Waals surface area contributed by atoms with Gasteiger partial charge in [-0.15, -0.1) is 0 Å². The van der Waals surface area contributed by atoms with Crippen molar-refractivity contribution in [3.63, 3.8) is 0 Å². The van der Waals surface area contributed by atoms with Crippen LogP contribution in [0.4, 0.5) is 0 Å². The van der Waals surface area contributed by atoms with Crippen molar-refractivity contribution in [2.75, 3.05) is 13.7 Å². The Morgan fingerprint density at radius 1 is 1.43 bits per heavy atom. The third kappa shape index (κ3) is 3.75. The molecule has 0 bridgehead atoms. The van der Waals surface area contributed by atoms with Crippen molar-refractivity contribution in [3.05, 3.63) is 34.2 Å². The SMILES string of the molecule is CC.COCCn1cccc(C)c1=O. The van der Waals surface area contributed by atoms with Gasteiger partial charge in [0.2, 0.25) is 0 Å². The third-order valence-corrected chi connectivity index (χ3v) is 1.75. The molecule has 0 N–H and O–H groups in total. The van der Waals surface area contributed by atoms with Crippen molar-refractivity contribution in [1.82, 2.24) is 4.57 Å². The Labute approximate surface area is 85.3 Å². The maximum absolute atomic E-state index is 11.4. The number of nitrogens with zero attached hydrogens (tertiary/aromatic N) is 1. The average Bonchev–Trinajstić information content (AvgIpc) is 2.23. The van der Waals surface area contributed by atoms with Crippen LogP contribution in [-0.4, -0.2) is 18.3 Å². The van der Waals surface area contributed by atoms with Crippen molar-refractivity contribution < 1.29 is 4.74 Å². The van der Waals surface area contributed by atoms with E-state index in [0.29, 0.717) is 13.2 Å². The molecule has 0 saturated heterocycles. The van der Waals surface area contributed by atoms with E-state index in [0.717, 1.165) is 5.56 Å². The van der Waals surface area contributed by atoms with Crippen LogP contribution in [0.25, 0.3) is 0 Å². The smallest absolute Gasteiger partial charge is 0.253 e. The van der Waals surface area contributed by atoms with Crippen molar-refractivity contribution in [2.45, 2.75) is 27.3 Å². The molecular weight excluding hydrogens is 178 g/mol. The summed E-state index contributed by atoms with van der Waals surface area (Å²) in [4.78, 5) is 11.4. The fourth-order valence-electron chi connectivity index (χ4n) is 1.02. The zero-order valence-corrected chi connectivity index (χ0v) is 9.41. The number of hydrogen-bond donors (Lipinski definition) is 0. The summed E-state index contributed by atoms with van der Waals surface area (Å²) in [7, 11) is 1.63. The molecule has 0 spiro atoms. The first kappa shape index (κ1) is 12.9. The van der Waals surface area contributed by atoms with Crippen LogP contribution < -0.4 is 5.56 Å². The molecule has 0 atom stereocenters. The molecule has 0 radical (unpaired) electrons. The number of aromatic nitrogens is 1. The Kier molecular flexibility index (Phi) is 6.76. The predicted octanol–water partition coefficient (Wildman–Crippen LogP) is 1.83. The van der Waals surface area contributed by atoms with E-state index in [1.807, 2.05) is 32.9 Å². The van der Waals surface area contributed by atoms with Gasteiger partial charge < -0.3 is 9.30 Å². The molecule has 1 heterocycles. The molecule has 3 nitrogen and oxygen atoms in total. The summed E-state index contributed by atoms with van der Waals surface area (Å²) in [6.07, 6.45) is 1.77. The molecule has 0 aliphatic carbocycles. The van der Waals surface area contributed by atoms with E-state index < -0.39 is 0 Å². The van der Waals surface area contributed by atoms with E-state index in [4.69, 9.17) is 4.74 Å². The second kappa shape index (κ2) is 7.33. The number of ether oxygens (including phenoxy) is 1. The Hall–Kier alpha value is -1.09. The van der Waals surface area contributed by atoms with Crippen LogP contribution >= 0.6 is 0 Å². The van der Waals surface area contributed by atoms with Crippen molar-refractivity contribution >= 4 is 0 Å². The Balaban J connectivity index is 0.000000791. The van der Waals surface area contributed by atoms with Gasteiger partial charge in [-0.1, -0.05) is 19.9 Å². The van der Waals surface area contributed by atoms with E-state index in [1.54, 1.807) is 17.9 Å². The Morgan fingerprint density at radius 2 is 2.07 bits per heavy atom. The largest absolute Gasteiger partial charge is 0.383 e. The minimum Gasteiger partial charge on any atom is -0.383 e. The summed E-state index contributed by atoms with van der Waals surface area (Å²) in [5.74, 6) is 0. The van der Waals surface area contributed by atoms with Gasteiger partial charge in [-0.05, 0) is 13.0 Å². The standard InChI is InChI=1S/C9H13NO2.C2H6/c1-8-4-3-5-10(9(8)11)6-7-12-2;1-2/h3-5H,6-7H2,1-2H3;1-2H3. The third-order valence-electron chi connectivity index (χ3n) is 1.75. The van der Waals surface area contributed by atoms with Crippen LogP contribution in [0.1, 0.15) is 19.4 Å². The zero-order chi connectivity index (χ0) is 11.0. The van der Waals surface area contributed by atoms with Crippen LogP contribution in [0.2, 0.25) is 0 Å². The van der Waals surface area contributed by atoms with Crippen LogP contribution in [0.15, 0.2) is 23.1 Å². The highest BCUT2D eigenvalue weighted by atomic mass is 16.5. The summed E-state index contributed by atoms with van der Waals surface area (Å²) in [6, 6.07) is 3.68. The highest BCUT2D eigenvalue weighted by Crippen LogP contribution is 1.88. The first-order chi connectivity index (χ1) is 6.75. The van der Waals surface area contributed by atoms with E-state index >= 15 is 0 Å². The maximum atomic E-state index is 11.4. The van der Waals surface area contributed by atoms with Gasteiger partial charge >= 0.3 is 0 Å². The van der Waals surface area contributed by atoms with Crippen LogP contribution in [0.3, 0.4) is 0 Å². The van der Waals surface area contributed by atoms with Crippen molar-refractivity contribution in [2.24, 2.45) is 0 Å². The second-order valence-corrected chi connectivity index (χ2v) is 2.68. The van der Waals surface area contributed by atoms with E-state index in [-0.39, 0.29) is 5.56 Å². The van der Waals surface area contributed by atoms with Gasteiger partial charge in [0, 0.05) is 25.4 Å². The first-order valence-electron chi connectivity index (χ1n) is 4.90. The lowest BCUT2D eigenvalue weighted by atomic mass is 10.3. The topological polar surface area (TPSA) is 31.2 Å². The van der Waals surface area contributed by atoms with E-state index in [1.165, 1.54) is 0 Å². The number of methoxy groups -OCH3 is 1. The highest BCUT2D eigenvalue weighted by Gasteiger charge is 1.96. The lowest BCUT2D eigenvalue weighted by Crippen LogP contribution is -2.22. The molecule has 0 aliphatic heterocycles. The summed E-state index contributed by atoms with van der Waals surface area (Å²) in [5.41, 5.74) is 0.836. The number of hydrogen-bond acceptors (Lipinski definition) is 2. The van der Waals surface area contributed by atoms with Gasteiger partial charge in [0.25, 0.3) is 5.56 Å². The van der Waals surface area contributed by atoms with E-state index in [2.05, 4.69) is 0 Å². The predicted molar refractivity (Wildman–Crippen MR) is 58.7 cm³/mol. The number of rotatable bonds is 3. The van der Waals surface area contributed by atoms with Crippen molar-refractivity contribution in [1.29, 1.82) is 0 Å². The van der Waals surface area contributed by atoms with Crippen LogP contribution in [0, 0.1) is 6.92 Å². The summed E-state index contributed by atoms with van der Waals surface area (Å²) in [5, 5.41) is 0. The molecule has 0 fully saturated rings. The molecule has 0 unspecified atom stereocenters. The molecule has 14 heavy (non-hydrogen) atoms. The molecule has 1 aromatic heterocycles. The second-order valence-electron chi connectivity index (χ2n) is 2.68. The van der Waals surface area contributed by atoms with Gasteiger partial charge in [0.1, 0.15) is 0 Å². The van der Waals surface area contributed by atoms with Gasteiger partial charge in [0.15, 0.2) is 0 Å². The number of pyridine rings is 1. The molecule has 1 rings (SSSR count). The summed E-state index contributed by atoms with van der Waals surface area (Å²) >= 11 is 0. The Bertz CT molecular complexity index is 304. The number of aryl methyl sites for hydroxylation is 1. The molecular formula is C11H19NO2. The lowest BCUT2D eigenvalue weighted by Gasteiger charge is -2.04. The molecule has 3 heteroatoms. The molecule has 1 aromatic rings. The highest BCUT2D eigenvalue weighted by molar-refractivity contribution is 5.07. The quantitative estimate of drug-likeness (QED) is 0.740. The zero-order valence-electron chi connectivity index (χ0n) is 9.41. The molecule has 0 aliphatic rings. The fourth-order valence-corrected chi connectivity index (χ4v) is 1.02. The minimum atomic E-state index is 0.0644.